The fraction of sp³-hybridized carbons (Fsp3) is 0.286. The van der Waals surface area contributed by atoms with Crippen molar-refractivity contribution in [3.05, 3.63) is 34.4 Å². The number of para-hydroxylation sites is 1. The van der Waals surface area contributed by atoms with Crippen molar-refractivity contribution in [1.82, 2.24) is 9.88 Å². The van der Waals surface area contributed by atoms with E-state index in [4.69, 9.17) is 5.11 Å². The number of amides is 1. The minimum absolute atomic E-state index is 0.130. The van der Waals surface area contributed by atoms with E-state index in [-0.39, 0.29) is 5.78 Å². The van der Waals surface area contributed by atoms with Crippen LogP contribution in [0.15, 0.2) is 28.9 Å². The van der Waals surface area contributed by atoms with Crippen LogP contribution in [0, 0.1) is 0 Å². The van der Waals surface area contributed by atoms with Crippen LogP contribution >= 0.6 is 15.9 Å². The van der Waals surface area contributed by atoms with Crippen LogP contribution in [0.25, 0.3) is 10.9 Å². The van der Waals surface area contributed by atoms with Gasteiger partial charge in [-0.2, -0.15) is 0 Å². The van der Waals surface area contributed by atoms with Crippen molar-refractivity contribution in [2.75, 3.05) is 6.54 Å². The smallest absolute Gasteiger partial charge is 0.407 e. The lowest BCUT2D eigenvalue weighted by Gasteiger charge is -2.19. The third kappa shape index (κ3) is 2.00. The zero-order valence-corrected chi connectivity index (χ0v) is 12.2. The number of carbonyl (C=O) groups is 2. The standard InChI is InChI=1S/C14H13BrN2O3/c15-10-4-1-3-8-9(7-16-12(8)10)13(18)11-5-2-6-17(11)14(19)20/h1,3-4,7,11,16H,2,5-6H2,(H,19,20). The largest absolute Gasteiger partial charge is 0.465 e. The molecule has 6 heteroatoms. The third-order valence-corrected chi connectivity index (χ3v) is 4.39. The van der Waals surface area contributed by atoms with Gasteiger partial charge in [0.15, 0.2) is 5.78 Å². The Bertz CT molecular complexity index is 695. The lowest BCUT2D eigenvalue weighted by molar-refractivity contribution is 0.0846. The number of ketones is 1. The maximum Gasteiger partial charge on any atom is 0.407 e. The van der Waals surface area contributed by atoms with E-state index in [1.807, 2.05) is 18.2 Å². The van der Waals surface area contributed by atoms with E-state index in [1.54, 1.807) is 6.20 Å². The van der Waals surface area contributed by atoms with Crippen LogP contribution in [0.3, 0.4) is 0 Å². The van der Waals surface area contributed by atoms with Gasteiger partial charge in [0.25, 0.3) is 0 Å². The van der Waals surface area contributed by atoms with Crippen LogP contribution in [-0.2, 0) is 0 Å². The number of hydrogen-bond donors (Lipinski definition) is 2. The molecule has 1 amide bonds. The third-order valence-electron chi connectivity index (χ3n) is 3.73. The van der Waals surface area contributed by atoms with Crippen LogP contribution in [0.5, 0.6) is 0 Å². The molecule has 1 aromatic carbocycles. The Labute approximate surface area is 123 Å². The molecule has 1 unspecified atom stereocenters. The van der Waals surface area contributed by atoms with Gasteiger partial charge in [-0.25, -0.2) is 4.79 Å². The molecule has 5 nitrogen and oxygen atoms in total. The number of nitrogens with zero attached hydrogens (tertiary/aromatic N) is 1. The number of carboxylic acid groups (broad SMARTS) is 1. The second kappa shape index (κ2) is 4.94. The minimum Gasteiger partial charge on any atom is -0.465 e. The summed E-state index contributed by atoms with van der Waals surface area (Å²) in [5.41, 5.74) is 1.41. The van der Waals surface area contributed by atoms with Gasteiger partial charge in [0.1, 0.15) is 0 Å². The van der Waals surface area contributed by atoms with Crippen molar-refractivity contribution in [2.24, 2.45) is 0 Å². The molecule has 0 bridgehead atoms. The zero-order valence-electron chi connectivity index (χ0n) is 10.6. The number of halogens is 1. The lowest BCUT2D eigenvalue weighted by Crippen LogP contribution is -2.39. The molecule has 2 heterocycles. The molecule has 1 atom stereocenters. The summed E-state index contributed by atoms with van der Waals surface area (Å²) >= 11 is 3.43. The molecule has 0 spiro atoms. The second-order valence-corrected chi connectivity index (χ2v) is 5.72. The normalized spacial score (nSPS) is 18.6. The predicted octanol–water partition coefficient (Wildman–Crippen LogP) is 3.26. The highest BCUT2D eigenvalue weighted by atomic mass is 79.9. The van der Waals surface area contributed by atoms with Gasteiger partial charge in [0.2, 0.25) is 0 Å². The minimum atomic E-state index is -1.03. The first-order valence-corrected chi connectivity index (χ1v) is 7.18. The molecule has 3 rings (SSSR count). The number of benzene rings is 1. The summed E-state index contributed by atoms with van der Waals surface area (Å²) in [6.45, 7) is 0.428. The molecule has 0 radical (unpaired) electrons. The fourth-order valence-electron chi connectivity index (χ4n) is 2.77. The average molecular weight is 337 g/mol. The molecule has 1 aromatic heterocycles. The van der Waals surface area contributed by atoms with Gasteiger partial charge in [-0.3, -0.25) is 9.69 Å². The number of likely N-dealkylation sites (tertiary alicyclic amines) is 1. The number of aromatic amines is 1. The summed E-state index contributed by atoms with van der Waals surface area (Å²) < 4.78 is 0.885. The first kappa shape index (κ1) is 13.2. The molecule has 2 aromatic rings. The van der Waals surface area contributed by atoms with Gasteiger partial charge in [-0.05, 0) is 34.8 Å². The van der Waals surface area contributed by atoms with Crippen LogP contribution in [0.2, 0.25) is 0 Å². The highest BCUT2D eigenvalue weighted by Crippen LogP contribution is 2.29. The number of H-pyrrole nitrogens is 1. The van der Waals surface area contributed by atoms with E-state index in [2.05, 4.69) is 20.9 Å². The molecule has 0 saturated carbocycles. The van der Waals surface area contributed by atoms with Gasteiger partial charge in [0, 0.05) is 28.2 Å². The summed E-state index contributed by atoms with van der Waals surface area (Å²) in [6.07, 6.45) is 1.96. The van der Waals surface area contributed by atoms with Crippen LogP contribution in [-0.4, -0.2) is 39.5 Å². The van der Waals surface area contributed by atoms with E-state index >= 15 is 0 Å². The Hall–Kier alpha value is -1.82. The van der Waals surface area contributed by atoms with Crippen molar-refractivity contribution in [2.45, 2.75) is 18.9 Å². The Morgan fingerprint density at radius 2 is 2.20 bits per heavy atom. The molecule has 1 saturated heterocycles. The summed E-state index contributed by atoms with van der Waals surface area (Å²) in [4.78, 5) is 28.1. The van der Waals surface area contributed by atoms with Gasteiger partial charge in [0.05, 0.1) is 11.6 Å². The molecule has 1 fully saturated rings. The van der Waals surface area contributed by atoms with Gasteiger partial charge < -0.3 is 10.1 Å². The summed E-state index contributed by atoms with van der Waals surface area (Å²) in [6, 6.07) is 5.06. The number of rotatable bonds is 2. The molecule has 1 aliphatic rings. The highest BCUT2D eigenvalue weighted by molar-refractivity contribution is 9.10. The molecular weight excluding hydrogens is 324 g/mol. The van der Waals surface area contributed by atoms with E-state index in [1.165, 1.54) is 4.90 Å². The van der Waals surface area contributed by atoms with Crippen molar-refractivity contribution < 1.29 is 14.7 Å². The monoisotopic (exact) mass is 336 g/mol. The molecule has 2 N–H and O–H groups in total. The Morgan fingerprint density at radius 3 is 2.95 bits per heavy atom. The van der Waals surface area contributed by atoms with Gasteiger partial charge >= 0.3 is 6.09 Å². The fourth-order valence-corrected chi connectivity index (χ4v) is 3.25. The van der Waals surface area contributed by atoms with E-state index in [0.29, 0.717) is 18.5 Å². The number of hydrogen-bond acceptors (Lipinski definition) is 2. The Kier molecular flexibility index (Phi) is 3.25. The number of fused-ring (bicyclic) bond motifs is 1. The topological polar surface area (TPSA) is 73.4 Å². The summed E-state index contributed by atoms with van der Waals surface area (Å²) in [5, 5.41) is 9.97. The maximum absolute atomic E-state index is 12.6. The molecule has 0 aliphatic carbocycles. The first-order chi connectivity index (χ1) is 9.59. The van der Waals surface area contributed by atoms with Gasteiger partial charge in [-0.15, -0.1) is 0 Å². The molecule has 20 heavy (non-hydrogen) atoms. The molecule has 104 valence electrons. The van der Waals surface area contributed by atoms with Gasteiger partial charge in [-0.1, -0.05) is 12.1 Å². The van der Waals surface area contributed by atoms with Crippen LogP contribution in [0.4, 0.5) is 4.79 Å². The highest BCUT2D eigenvalue weighted by Gasteiger charge is 2.35. The van der Waals surface area contributed by atoms with Crippen molar-refractivity contribution in [3.8, 4) is 0 Å². The van der Waals surface area contributed by atoms with Crippen molar-refractivity contribution >= 4 is 38.7 Å². The number of carbonyl (C=O) groups excluding carboxylic acids is 1. The van der Waals surface area contributed by atoms with E-state index < -0.39 is 12.1 Å². The quantitative estimate of drug-likeness (QED) is 0.826. The predicted molar refractivity (Wildman–Crippen MR) is 78.1 cm³/mol. The zero-order chi connectivity index (χ0) is 14.3. The van der Waals surface area contributed by atoms with Crippen molar-refractivity contribution in [3.63, 3.8) is 0 Å². The molecule has 1 aliphatic heterocycles. The Morgan fingerprint density at radius 1 is 1.40 bits per heavy atom. The van der Waals surface area contributed by atoms with E-state index in [0.717, 1.165) is 21.8 Å². The maximum atomic E-state index is 12.6. The number of aromatic nitrogens is 1. The average Bonchev–Trinajstić information content (AvgIpc) is 3.05. The summed E-state index contributed by atoms with van der Waals surface area (Å²) in [5.74, 6) is -0.130. The van der Waals surface area contributed by atoms with Crippen LogP contribution < -0.4 is 0 Å². The first-order valence-electron chi connectivity index (χ1n) is 6.39. The Balaban J connectivity index is 2.01. The van der Waals surface area contributed by atoms with Crippen LogP contribution in [0.1, 0.15) is 23.2 Å². The van der Waals surface area contributed by atoms with E-state index in [9.17, 15) is 9.59 Å². The second-order valence-electron chi connectivity index (χ2n) is 4.86. The summed E-state index contributed by atoms with van der Waals surface area (Å²) in [7, 11) is 0. The van der Waals surface area contributed by atoms with Crippen molar-refractivity contribution in [1.29, 1.82) is 0 Å². The lowest BCUT2D eigenvalue weighted by atomic mass is 10.0. The molecular formula is C14H13BrN2O3. The number of nitrogens with one attached hydrogen (secondary N) is 1. The number of Topliss-reactive ketones (excluding diaryl/α,β-unsaturated/α-hetero) is 1. The SMILES string of the molecule is O=C(c1c[nH]c2c(Br)cccc12)C1CCCN1C(=O)O.